The van der Waals surface area contributed by atoms with Crippen molar-refractivity contribution in [3.8, 4) is 5.75 Å². The highest BCUT2D eigenvalue weighted by atomic mass is 19.1. The van der Waals surface area contributed by atoms with Crippen molar-refractivity contribution in [2.75, 3.05) is 6.54 Å². The Balaban J connectivity index is 1.84. The number of carbonyl (C=O) groups is 2. The van der Waals surface area contributed by atoms with Crippen molar-refractivity contribution in [2.24, 2.45) is 0 Å². The zero-order valence-corrected chi connectivity index (χ0v) is 14.8. The lowest BCUT2D eigenvalue weighted by molar-refractivity contribution is -0.145. The summed E-state index contributed by atoms with van der Waals surface area (Å²) < 4.78 is 18.2. The summed E-state index contributed by atoms with van der Waals surface area (Å²) in [6, 6.07) is 11.2. The molecule has 1 atom stereocenters. The van der Waals surface area contributed by atoms with Gasteiger partial charge >= 0.3 is 5.97 Å². The quantitative estimate of drug-likeness (QED) is 0.760. The number of aryl methyl sites for hydroxylation is 3. The maximum atomic E-state index is 12.9. The van der Waals surface area contributed by atoms with Gasteiger partial charge in [-0.2, -0.15) is 0 Å². The van der Waals surface area contributed by atoms with Crippen LogP contribution in [-0.2, 0) is 16.0 Å². The fourth-order valence-corrected chi connectivity index (χ4v) is 2.62. The summed E-state index contributed by atoms with van der Waals surface area (Å²) in [7, 11) is 0. The number of benzene rings is 2. The van der Waals surface area contributed by atoms with E-state index in [-0.39, 0.29) is 24.6 Å². The minimum Gasteiger partial charge on any atom is -0.478 e. The molecule has 2 aromatic rings. The summed E-state index contributed by atoms with van der Waals surface area (Å²) in [5.74, 6) is -1.67. The number of amides is 1. The average molecular weight is 359 g/mol. The maximum Gasteiger partial charge on any atom is 0.346 e. The SMILES string of the molecule is Cc1cc(C)cc(CCC(=O)NCC(Oc2ccc(F)cc2)C(=O)O)c1. The van der Waals surface area contributed by atoms with Crippen LogP contribution in [0.2, 0.25) is 0 Å². The minimum atomic E-state index is -1.24. The predicted octanol–water partition coefficient (Wildman–Crippen LogP) is 3.02. The van der Waals surface area contributed by atoms with Crippen molar-refractivity contribution >= 4 is 11.9 Å². The number of hydrogen-bond acceptors (Lipinski definition) is 3. The van der Waals surface area contributed by atoms with Crippen molar-refractivity contribution < 1.29 is 23.8 Å². The third-order valence-electron chi connectivity index (χ3n) is 3.77. The number of hydrogen-bond donors (Lipinski definition) is 2. The number of ether oxygens (including phenoxy) is 1. The molecule has 138 valence electrons. The third-order valence-corrected chi connectivity index (χ3v) is 3.77. The molecule has 1 unspecified atom stereocenters. The van der Waals surface area contributed by atoms with Crippen LogP contribution in [-0.4, -0.2) is 29.6 Å². The highest BCUT2D eigenvalue weighted by Gasteiger charge is 2.20. The minimum absolute atomic E-state index is 0.168. The van der Waals surface area contributed by atoms with Crippen LogP contribution < -0.4 is 10.1 Å². The Morgan fingerprint density at radius 3 is 2.31 bits per heavy atom. The van der Waals surface area contributed by atoms with E-state index in [0.29, 0.717) is 6.42 Å². The zero-order chi connectivity index (χ0) is 19.1. The molecule has 0 aliphatic heterocycles. The second-order valence-electron chi connectivity index (χ2n) is 6.20. The lowest BCUT2D eigenvalue weighted by Crippen LogP contribution is -2.40. The smallest absolute Gasteiger partial charge is 0.346 e. The van der Waals surface area contributed by atoms with Crippen LogP contribution >= 0.6 is 0 Å². The molecule has 0 aliphatic rings. The Kier molecular flexibility index (Phi) is 6.72. The number of halogens is 1. The van der Waals surface area contributed by atoms with Gasteiger partial charge in [0.25, 0.3) is 0 Å². The summed E-state index contributed by atoms with van der Waals surface area (Å²) in [6.07, 6.45) is -0.415. The van der Waals surface area contributed by atoms with E-state index in [1.165, 1.54) is 24.3 Å². The molecule has 0 aromatic heterocycles. The predicted molar refractivity (Wildman–Crippen MR) is 95.7 cm³/mol. The number of nitrogens with one attached hydrogen (secondary N) is 1. The van der Waals surface area contributed by atoms with Crippen LogP contribution in [0, 0.1) is 19.7 Å². The van der Waals surface area contributed by atoms with E-state index in [1.54, 1.807) is 0 Å². The van der Waals surface area contributed by atoms with Gasteiger partial charge < -0.3 is 15.2 Å². The van der Waals surface area contributed by atoms with Crippen LogP contribution in [0.1, 0.15) is 23.1 Å². The van der Waals surface area contributed by atoms with E-state index in [1.807, 2.05) is 26.0 Å². The molecule has 1 amide bonds. The molecule has 2 rings (SSSR count). The highest BCUT2D eigenvalue weighted by Crippen LogP contribution is 2.13. The zero-order valence-electron chi connectivity index (χ0n) is 14.8. The molecule has 0 spiro atoms. The second kappa shape index (κ2) is 8.99. The largest absolute Gasteiger partial charge is 0.478 e. The summed E-state index contributed by atoms with van der Waals surface area (Å²) in [5, 5.41) is 11.8. The Morgan fingerprint density at radius 1 is 1.12 bits per heavy atom. The van der Waals surface area contributed by atoms with Gasteiger partial charge in [-0.3, -0.25) is 4.79 Å². The van der Waals surface area contributed by atoms with Crippen molar-refractivity contribution in [3.63, 3.8) is 0 Å². The summed E-state index contributed by atoms with van der Waals surface area (Å²) in [4.78, 5) is 23.3. The average Bonchev–Trinajstić information content (AvgIpc) is 2.57. The van der Waals surface area contributed by atoms with Crippen LogP contribution in [0.5, 0.6) is 5.75 Å². The summed E-state index contributed by atoms with van der Waals surface area (Å²) >= 11 is 0. The van der Waals surface area contributed by atoms with Gasteiger partial charge in [-0.1, -0.05) is 29.3 Å². The molecule has 6 heteroatoms. The lowest BCUT2D eigenvalue weighted by Gasteiger charge is -2.16. The first kappa shape index (κ1) is 19.4. The molecule has 5 nitrogen and oxygen atoms in total. The van der Waals surface area contributed by atoms with Gasteiger partial charge in [0, 0.05) is 6.42 Å². The number of rotatable bonds is 8. The molecule has 26 heavy (non-hydrogen) atoms. The van der Waals surface area contributed by atoms with Crippen molar-refractivity contribution in [1.29, 1.82) is 0 Å². The highest BCUT2D eigenvalue weighted by molar-refractivity contribution is 5.78. The van der Waals surface area contributed by atoms with Gasteiger partial charge in [0.15, 0.2) is 0 Å². The summed E-state index contributed by atoms with van der Waals surface area (Å²) in [5.41, 5.74) is 3.34. The van der Waals surface area contributed by atoms with Crippen molar-refractivity contribution in [1.82, 2.24) is 5.32 Å². The molecule has 0 saturated heterocycles. The molecular weight excluding hydrogens is 337 g/mol. The lowest BCUT2D eigenvalue weighted by atomic mass is 10.0. The molecule has 2 N–H and O–H groups in total. The van der Waals surface area contributed by atoms with Crippen LogP contribution in [0.15, 0.2) is 42.5 Å². The normalized spacial score (nSPS) is 11.7. The molecule has 2 aromatic carbocycles. The monoisotopic (exact) mass is 359 g/mol. The molecule has 0 radical (unpaired) electrons. The van der Waals surface area contributed by atoms with E-state index < -0.39 is 17.9 Å². The van der Waals surface area contributed by atoms with Gasteiger partial charge in [0.1, 0.15) is 11.6 Å². The van der Waals surface area contributed by atoms with E-state index in [9.17, 15) is 19.1 Å². The maximum absolute atomic E-state index is 12.9. The fourth-order valence-electron chi connectivity index (χ4n) is 2.62. The van der Waals surface area contributed by atoms with Gasteiger partial charge in [-0.25, -0.2) is 9.18 Å². The Morgan fingerprint density at radius 2 is 1.73 bits per heavy atom. The van der Waals surface area contributed by atoms with Gasteiger partial charge in [-0.05, 0) is 50.1 Å². The molecule has 0 saturated carbocycles. The van der Waals surface area contributed by atoms with Gasteiger partial charge in [0.2, 0.25) is 12.0 Å². The van der Waals surface area contributed by atoms with E-state index in [0.717, 1.165) is 16.7 Å². The van der Waals surface area contributed by atoms with Crippen LogP contribution in [0.3, 0.4) is 0 Å². The van der Waals surface area contributed by atoms with Crippen LogP contribution in [0.25, 0.3) is 0 Å². The Bertz CT molecular complexity index is 754. The molecule has 0 aliphatic carbocycles. The van der Waals surface area contributed by atoms with E-state index in [2.05, 4.69) is 11.4 Å². The second-order valence-corrected chi connectivity index (χ2v) is 6.20. The molecular formula is C20H22FNO4. The van der Waals surface area contributed by atoms with Crippen molar-refractivity contribution in [2.45, 2.75) is 32.8 Å². The van der Waals surface area contributed by atoms with E-state index in [4.69, 9.17) is 4.74 Å². The topological polar surface area (TPSA) is 75.6 Å². The Hall–Kier alpha value is -2.89. The number of carboxylic acids is 1. The molecule has 0 heterocycles. The number of carbonyl (C=O) groups excluding carboxylic acids is 1. The molecule has 0 bridgehead atoms. The molecule has 0 fully saturated rings. The van der Waals surface area contributed by atoms with Crippen LogP contribution in [0.4, 0.5) is 4.39 Å². The standard InChI is InChI=1S/C20H22FNO4/c1-13-9-14(2)11-15(10-13)3-8-19(23)22-12-18(20(24)25)26-17-6-4-16(21)5-7-17/h4-7,9-11,18H,3,8,12H2,1-2H3,(H,22,23)(H,24,25). The van der Waals surface area contributed by atoms with E-state index >= 15 is 0 Å². The Labute approximate surface area is 151 Å². The first-order valence-electron chi connectivity index (χ1n) is 8.32. The number of aliphatic carboxylic acids is 1. The van der Waals surface area contributed by atoms with Crippen molar-refractivity contribution in [3.05, 3.63) is 65.0 Å². The first-order valence-corrected chi connectivity index (χ1v) is 8.32. The summed E-state index contributed by atoms with van der Waals surface area (Å²) in [6.45, 7) is 3.83. The number of carboxylic acid groups (broad SMARTS) is 1. The van der Waals surface area contributed by atoms with Gasteiger partial charge in [-0.15, -0.1) is 0 Å². The van der Waals surface area contributed by atoms with Gasteiger partial charge in [0.05, 0.1) is 6.54 Å². The fraction of sp³-hybridized carbons (Fsp3) is 0.300. The third kappa shape index (κ3) is 6.20. The first-order chi connectivity index (χ1) is 12.3.